The van der Waals surface area contributed by atoms with E-state index in [0.717, 1.165) is 38.3 Å². The van der Waals surface area contributed by atoms with Crippen LogP contribution >= 0.6 is 0 Å². The molecule has 2 saturated heterocycles. The van der Waals surface area contributed by atoms with Gasteiger partial charge in [0, 0.05) is 6.54 Å². The maximum absolute atomic E-state index is 13.0. The Bertz CT molecular complexity index is 602. The number of halogens is 1. The van der Waals surface area contributed by atoms with Gasteiger partial charge in [0.05, 0.1) is 13.1 Å². The van der Waals surface area contributed by atoms with Gasteiger partial charge in [-0.2, -0.15) is 0 Å². The first kappa shape index (κ1) is 19.1. The third-order valence-electron chi connectivity index (χ3n) is 5.46. The molecule has 6 heteroatoms. The van der Waals surface area contributed by atoms with Crippen LogP contribution in [0.25, 0.3) is 0 Å². The second-order valence-electron chi connectivity index (χ2n) is 7.84. The van der Waals surface area contributed by atoms with Crippen molar-refractivity contribution in [3.8, 4) is 5.75 Å². The molecule has 144 valence electrons. The molecular formula is C20H29FN2O3. The zero-order valence-electron chi connectivity index (χ0n) is 15.5. The number of hydrogen-bond donors (Lipinski definition) is 1. The minimum absolute atomic E-state index is 0.0828. The number of ether oxygens (including phenoxy) is 1. The summed E-state index contributed by atoms with van der Waals surface area (Å²) >= 11 is 0. The van der Waals surface area contributed by atoms with Crippen molar-refractivity contribution in [2.75, 3.05) is 39.3 Å². The maximum Gasteiger partial charge on any atom is 0.236 e. The molecule has 0 aromatic heterocycles. The summed E-state index contributed by atoms with van der Waals surface area (Å²) in [5, 5.41) is 10.8. The molecule has 2 aliphatic rings. The molecule has 1 aromatic carbocycles. The van der Waals surface area contributed by atoms with Crippen molar-refractivity contribution in [2.24, 2.45) is 5.92 Å². The van der Waals surface area contributed by atoms with E-state index in [2.05, 4.69) is 11.8 Å². The van der Waals surface area contributed by atoms with E-state index < -0.39 is 5.60 Å². The summed E-state index contributed by atoms with van der Waals surface area (Å²) < 4.78 is 18.6. The number of amides is 1. The molecule has 0 aliphatic carbocycles. The number of likely N-dealkylation sites (tertiary alicyclic amines) is 2. The lowest BCUT2D eigenvalue weighted by atomic mass is 9.93. The topological polar surface area (TPSA) is 53.0 Å². The summed E-state index contributed by atoms with van der Waals surface area (Å²) in [5.41, 5.74) is -1.06. The normalized spacial score (nSPS) is 25.3. The number of benzene rings is 1. The Morgan fingerprint density at radius 3 is 2.65 bits per heavy atom. The zero-order valence-corrected chi connectivity index (χ0v) is 15.5. The van der Waals surface area contributed by atoms with E-state index in [-0.39, 0.29) is 24.9 Å². The highest BCUT2D eigenvalue weighted by Crippen LogP contribution is 2.24. The fourth-order valence-electron chi connectivity index (χ4n) is 3.70. The monoisotopic (exact) mass is 364 g/mol. The van der Waals surface area contributed by atoms with Gasteiger partial charge < -0.3 is 14.7 Å². The number of carbonyl (C=O) groups excluding carboxylic acids is 1. The first-order valence-electron chi connectivity index (χ1n) is 9.54. The van der Waals surface area contributed by atoms with Crippen molar-refractivity contribution in [1.29, 1.82) is 0 Å². The predicted molar refractivity (Wildman–Crippen MR) is 97.5 cm³/mol. The van der Waals surface area contributed by atoms with Crippen molar-refractivity contribution in [2.45, 2.75) is 38.2 Å². The van der Waals surface area contributed by atoms with Crippen LogP contribution in [0, 0.1) is 11.7 Å². The van der Waals surface area contributed by atoms with Gasteiger partial charge in [-0.1, -0.05) is 6.92 Å². The Hall–Kier alpha value is -1.66. The van der Waals surface area contributed by atoms with Gasteiger partial charge in [0.15, 0.2) is 0 Å². The second-order valence-corrected chi connectivity index (χ2v) is 7.84. The Balaban J connectivity index is 1.50. The lowest BCUT2D eigenvalue weighted by molar-refractivity contribution is -0.141. The molecule has 0 saturated carbocycles. The molecule has 1 unspecified atom stereocenters. The summed E-state index contributed by atoms with van der Waals surface area (Å²) in [5.74, 6) is 1.02. The minimum atomic E-state index is -1.06. The van der Waals surface area contributed by atoms with Gasteiger partial charge in [0.1, 0.15) is 23.8 Å². The van der Waals surface area contributed by atoms with Gasteiger partial charge in [-0.15, -0.1) is 0 Å². The molecule has 1 N–H and O–H groups in total. The fraction of sp³-hybridized carbons (Fsp3) is 0.650. The Morgan fingerprint density at radius 1 is 1.27 bits per heavy atom. The van der Waals surface area contributed by atoms with Crippen LogP contribution in [0.5, 0.6) is 5.75 Å². The number of hydrogen-bond acceptors (Lipinski definition) is 4. The smallest absolute Gasteiger partial charge is 0.236 e. The largest absolute Gasteiger partial charge is 0.491 e. The number of nitrogens with zero attached hydrogens (tertiary/aromatic N) is 2. The second kappa shape index (κ2) is 8.35. The van der Waals surface area contributed by atoms with Crippen molar-refractivity contribution >= 4 is 5.91 Å². The van der Waals surface area contributed by atoms with Crippen molar-refractivity contribution in [3.05, 3.63) is 30.1 Å². The van der Waals surface area contributed by atoms with Crippen molar-refractivity contribution in [1.82, 2.24) is 9.80 Å². The van der Waals surface area contributed by atoms with Crippen LogP contribution in [0.15, 0.2) is 24.3 Å². The third kappa shape index (κ3) is 5.17. The summed E-state index contributed by atoms with van der Waals surface area (Å²) in [6.45, 7) is 5.70. The first-order valence-corrected chi connectivity index (χ1v) is 9.54. The van der Waals surface area contributed by atoms with Crippen LogP contribution < -0.4 is 4.74 Å². The van der Waals surface area contributed by atoms with Crippen LogP contribution in [0.4, 0.5) is 4.39 Å². The highest BCUT2D eigenvalue weighted by Gasteiger charge is 2.36. The van der Waals surface area contributed by atoms with E-state index in [1.807, 2.05) is 0 Å². The number of β-amino-alcohol motifs (C(OH)–C–C–N with tert-alkyl or cyclic N) is 1. The SMILES string of the molecule is CC1CCN(CC(=O)N2CCCC(O)(COc3ccc(F)cc3)C2)CC1. The fourth-order valence-corrected chi connectivity index (χ4v) is 3.70. The van der Waals surface area contributed by atoms with Gasteiger partial charge in [-0.25, -0.2) is 4.39 Å². The highest BCUT2D eigenvalue weighted by molar-refractivity contribution is 5.78. The van der Waals surface area contributed by atoms with E-state index >= 15 is 0 Å². The van der Waals surface area contributed by atoms with Crippen LogP contribution in [0.2, 0.25) is 0 Å². The Morgan fingerprint density at radius 2 is 1.96 bits per heavy atom. The molecule has 2 fully saturated rings. The molecule has 2 heterocycles. The Labute approximate surface area is 154 Å². The third-order valence-corrected chi connectivity index (χ3v) is 5.46. The lowest BCUT2D eigenvalue weighted by Crippen LogP contribution is -2.55. The Kier molecular flexibility index (Phi) is 6.14. The van der Waals surface area contributed by atoms with Gasteiger partial charge in [0.25, 0.3) is 0 Å². The van der Waals surface area contributed by atoms with Crippen LogP contribution in [-0.4, -0.2) is 65.7 Å². The van der Waals surface area contributed by atoms with E-state index in [1.54, 1.807) is 17.0 Å². The van der Waals surface area contributed by atoms with Gasteiger partial charge in [-0.3, -0.25) is 9.69 Å². The van der Waals surface area contributed by atoms with Crippen LogP contribution in [0.1, 0.15) is 32.6 Å². The van der Waals surface area contributed by atoms with Gasteiger partial charge in [-0.05, 0) is 69.0 Å². The molecule has 1 amide bonds. The van der Waals surface area contributed by atoms with Crippen molar-refractivity contribution in [3.63, 3.8) is 0 Å². The lowest BCUT2D eigenvalue weighted by Gasteiger charge is -2.40. The average molecular weight is 364 g/mol. The van der Waals surface area contributed by atoms with Crippen molar-refractivity contribution < 1.29 is 19.0 Å². The van der Waals surface area contributed by atoms with Crippen LogP contribution in [-0.2, 0) is 4.79 Å². The highest BCUT2D eigenvalue weighted by atomic mass is 19.1. The standard InChI is InChI=1S/C20H29FN2O3/c1-16-7-11-22(12-8-16)13-19(24)23-10-2-9-20(25,14-23)15-26-18-5-3-17(21)4-6-18/h3-6,16,25H,2,7-15H2,1H3. The number of carbonyl (C=O) groups is 1. The average Bonchev–Trinajstić information content (AvgIpc) is 2.63. The maximum atomic E-state index is 13.0. The molecule has 26 heavy (non-hydrogen) atoms. The predicted octanol–water partition coefficient (Wildman–Crippen LogP) is 2.29. The molecule has 0 radical (unpaired) electrons. The molecule has 5 nitrogen and oxygen atoms in total. The van der Waals surface area contributed by atoms with E-state index in [4.69, 9.17) is 4.74 Å². The van der Waals surface area contributed by atoms with Crippen LogP contribution in [0.3, 0.4) is 0 Å². The number of aliphatic hydroxyl groups is 1. The minimum Gasteiger partial charge on any atom is -0.491 e. The zero-order chi connectivity index (χ0) is 18.6. The van der Waals surface area contributed by atoms with E-state index in [0.29, 0.717) is 25.3 Å². The quantitative estimate of drug-likeness (QED) is 0.871. The first-order chi connectivity index (χ1) is 12.4. The van der Waals surface area contributed by atoms with E-state index in [1.165, 1.54) is 12.1 Å². The molecule has 1 aromatic rings. The number of piperidine rings is 2. The molecule has 0 spiro atoms. The summed E-state index contributed by atoms with van der Waals surface area (Å²) in [7, 11) is 0. The molecule has 1 atom stereocenters. The molecule has 3 rings (SSSR count). The number of rotatable bonds is 5. The molecule has 2 aliphatic heterocycles. The molecule has 0 bridgehead atoms. The summed E-state index contributed by atoms with van der Waals surface area (Å²) in [4.78, 5) is 16.6. The summed E-state index contributed by atoms with van der Waals surface area (Å²) in [6.07, 6.45) is 3.64. The molecular weight excluding hydrogens is 335 g/mol. The summed E-state index contributed by atoms with van der Waals surface area (Å²) in [6, 6.07) is 5.74. The van der Waals surface area contributed by atoms with Gasteiger partial charge >= 0.3 is 0 Å². The van der Waals surface area contributed by atoms with Gasteiger partial charge in [0.2, 0.25) is 5.91 Å². The van der Waals surface area contributed by atoms with E-state index in [9.17, 15) is 14.3 Å².